The largest absolute Gasteiger partial charge is 0.388 e. The van der Waals surface area contributed by atoms with Gasteiger partial charge in [0.05, 0.1) is 6.10 Å². The minimum Gasteiger partial charge on any atom is -0.388 e. The highest BCUT2D eigenvalue weighted by molar-refractivity contribution is 5.29. The molecule has 2 aromatic rings. The molecule has 0 amide bonds. The van der Waals surface area contributed by atoms with Gasteiger partial charge >= 0.3 is 0 Å². The molecule has 1 nitrogen and oxygen atoms in total. The molecule has 0 saturated heterocycles. The van der Waals surface area contributed by atoms with E-state index in [1.807, 2.05) is 18.2 Å². The van der Waals surface area contributed by atoms with Crippen molar-refractivity contribution in [2.75, 3.05) is 0 Å². The second-order valence-corrected chi connectivity index (χ2v) is 6.17. The van der Waals surface area contributed by atoms with Gasteiger partial charge < -0.3 is 5.11 Å². The van der Waals surface area contributed by atoms with E-state index < -0.39 is 6.10 Å². The summed E-state index contributed by atoms with van der Waals surface area (Å²) in [6.45, 7) is 6.15. The van der Waals surface area contributed by atoms with Crippen molar-refractivity contribution < 1.29 is 5.11 Å². The van der Waals surface area contributed by atoms with Crippen molar-refractivity contribution in [3.8, 4) is 0 Å². The average Bonchev–Trinajstić information content (AvgIpc) is 2.39. The SMILES string of the molecule is CC(C)(C)C(O)c1ccc(Cc2ccccc2)cc1. The van der Waals surface area contributed by atoms with Gasteiger partial charge in [0.15, 0.2) is 0 Å². The molecule has 1 unspecified atom stereocenters. The summed E-state index contributed by atoms with van der Waals surface area (Å²) in [6.07, 6.45) is 0.519. The first kappa shape index (κ1) is 13.8. The highest BCUT2D eigenvalue weighted by Crippen LogP contribution is 2.32. The van der Waals surface area contributed by atoms with Gasteiger partial charge in [-0.3, -0.25) is 0 Å². The fourth-order valence-corrected chi connectivity index (χ4v) is 2.15. The Bertz CT molecular complexity index is 506. The van der Waals surface area contributed by atoms with Gasteiger partial charge in [0, 0.05) is 0 Å². The van der Waals surface area contributed by atoms with Crippen LogP contribution in [0.1, 0.15) is 43.6 Å². The Morgan fingerprint density at radius 2 is 1.37 bits per heavy atom. The van der Waals surface area contributed by atoms with E-state index in [0.29, 0.717) is 0 Å². The van der Waals surface area contributed by atoms with E-state index in [2.05, 4.69) is 57.2 Å². The molecule has 0 fully saturated rings. The number of hydrogen-bond acceptors (Lipinski definition) is 1. The lowest BCUT2D eigenvalue weighted by atomic mass is 9.84. The van der Waals surface area contributed by atoms with Crippen LogP contribution in [0.15, 0.2) is 54.6 Å². The quantitative estimate of drug-likeness (QED) is 0.863. The fourth-order valence-electron chi connectivity index (χ4n) is 2.15. The molecule has 1 heteroatoms. The summed E-state index contributed by atoms with van der Waals surface area (Å²) in [5.41, 5.74) is 3.45. The van der Waals surface area contributed by atoms with Crippen molar-refractivity contribution in [3.05, 3.63) is 71.3 Å². The monoisotopic (exact) mass is 254 g/mol. The third-order valence-corrected chi connectivity index (χ3v) is 3.37. The smallest absolute Gasteiger partial charge is 0.0838 e. The molecule has 0 radical (unpaired) electrons. The Kier molecular flexibility index (Phi) is 4.06. The zero-order chi connectivity index (χ0) is 13.9. The molecule has 2 aromatic carbocycles. The van der Waals surface area contributed by atoms with Crippen LogP contribution in [-0.4, -0.2) is 5.11 Å². The van der Waals surface area contributed by atoms with E-state index in [-0.39, 0.29) is 5.41 Å². The Morgan fingerprint density at radius 3 is 1.89 bits per heavy atom. The van der Waals surface area contributed by atoms with Crippen molar-refractivity contribution in [2.45, 2.75) is 33.3 Å². The van der Waals surface area contributed by atoms with Gasteiger partial charge in [-0.2, -0.15) is 0 Å². The molecular weight excluding hydrogens is 232 g/mol. The van der Waals surface area contributed by atoms with E-state index >= 15 is 0 Å². The molecule has 0 saturated carbocycles. The van der Waals surface area contributed by atoms with Gasteiger partial charge in [0.25, 0.3) is 0 Å². The third-order valence-electron chi connectivity index (χ3n) is 3.37. The molecule has 0 aliphatic heterocycles. The predicted molar refractivity (Wildman–Crippen MR) is 80.1 cm³/mol. The Balaban J connectivity index is 2.11. The summed E-state index contributed by atoms with van der Waals surface area (Å²) < 4.78 is 0. The number of aliphatic hydroxyl groups is 1. The third kappa shape index (κ3) is 3.68. The normalized spacial score (nSPS) is 13.3. The van der Waals surface area contributed by atoms with Gasteiger partial charge in [0.1, 0.15) is 0 Å². The zero-order valence-electron chi connectivity index (χ0n) is 11.9. The van der Waals surface area contributed by atoms with E-state index in [0.717, 1.165) is 12.0 Å². The summed E-state index contributed by atoms with van der Waals surface area (Å²) in [7, 11) is 0. The van der Waals surface area contributed by atoms with Crippen molar-refractivity contribution in [2.24, 2.45) is 5.41 Å². The van der Waals surface area contributed by atoms with Crippen LogP contribution >= 0.6 is 0 Å². The molecule has 0 aliphatic rings. The first-order valence-corrected chi connectivity index (χ1v) is 6.77. The summed E-state index contributed by atoms with van der Waals surface area (Å²) in [6, 6.07) is 18.7. The average molecular weight is 254 g/mol. The van der Waals surface area contributed by atoms with Crippen LogP contribution in [0.5, 0.6) is 0 Å². The predicted octanol–water partition coefficient (Wildman–Crippen LogP) is 4.36. The van der Waals surface area contributed by atoms with Crippen molar-refractivity contribution in [1.82, 2.24) is 0 Å². The topological polar surface area (TPSA) is 20.2 Å². The molecule has 100 valence electrons. The second kappa shape index (κ2) is 5.58. The lowest BCUT2D eigenvalue weighted by Gasteiger charge is -2.26. The van der Waals surface area contributed by atoms with Crippen molar-refractivity contribution in [1.29, 1.82) is 0 Å². The summed E-state index contributed by atoms with van der Waals surface area (Å²) in [4.78, 5) is 0. The number of hydrogen-bond donors (Lipinski definition) is 1. The lowest BCUT2D eigenvalue weighted by Crippen LogP contribution is -2.17. The van der Waals surface area contributed by atoms with Crippen LogP contribution in [0.25, 0.3) is 0 Å². The van der Waals surface area contributed by atoms with Crippen LogP contribution < -0.4 is 0 Å². The lowest BCUT2D eigenvalue weighted by molar-refractivity contribution is 0.0627. The van der Waals surface area contributed by atoms with Crippen LogP contribution in [-0.2, 0) is 6.42 Å². The van der Waals surface area contributed by atoms with Crippen molar-refractivity contribution in [3.63, 3.8) is 0 Å². The summed E-state index contributed by atoms with van der Waals surface area (Å²) >= 11 is 0. The van der Waals surface area contributed by atoms with Gasteiger partial charge in [-0.15, -0.1) is 0 Å². The highest BCUT2D eigenvalue weighted by atomic mass is 16.3. The first-order chi connectivity index (χ1) is 8.97. The first-order valence-electron chi connectivity index (χ1n) is 6.77. The molecule has 1 N–H and O–H groups in total. The van der Waals surface area contributed by atoms with E-state index in [9.17, 15) is 5.11 Å². The number of aliphatic hydroxyl groups excluding tert-OH is 1. The van der Waals surface area contributed by atoms with Crippen LogP contribution in [0.3, 0.4) is 0 Å². The fraction of sp³-hybridized carbons (Fsp3) is 0.333. The van der Waals surface area contributed by atoms with E-state index in [1.54, 1.807) is 0 Å². The molecule has 0 aromatic heterocycles. The van der Waals surface area contributed by atoms with E-state index in [4.69, 9.17) is 0 Å². The molecule has 0 heterocycles. The number of benzene rings is 2. The van der Waals surface area contributed by atoms with Crippen LogP contribution in [0, 0.1) is 5.41 Å². The van der Waals surface area contributed by atoms with Crippen LogP contribution in [0.2, 0.25) is 0 Å². The Morgan fingerprint density at radius 1 is 0.842 bits per heavy atom. The molecule has 19 heavy (non-hydrogen) atoms. The maximum absolute atomic E-state index is 10.2. The Hall–Kier alpha value is -1.60. The summed E-state index contributed by atoms with van der Waals surface area (Å²) in [5, 5.41) is 10.2. The second-order valence-electron chi connectivity index (χ2n) is 6.17. The minimum absolute atomic E-state index is 0.124. The van der Waals surface area contributed by atoms with Crippen LogP contribution in [0.4, 0.5) is 0 Å². The zero-order valence-corrected chi connectivity index (χ0v) is 11.9. The van der Waals surface area contributed by atoms with Crippen molar-refractivity contribution >= 4 is 0 Å². The molecule has 0 aliphatic carbocycles. The standard InChI is InChI=1S/C18H22O/c1-18(2,3)17(19)16-11-9-15(10-12-16)13-14-7-5-4-6-8-14/h4-12,17,19H,13H2,1-3H3. The van der Waals surface area contributed by atoms with Gasteiger partial charge in [0.2, 0.25) is 0 Å². The van der Waals surface area contributed by atoms with Gasteiger partial charge in [-0.05, 0) is 28.5 Å². The molecule has 1 atom stereocenters. The number of rotatable bonds is 3. The molecule has 0 bridgehead atoms. The molecule has 0 spiro atoms. The maximum Gasteiger partial charge on any atom is 0.0838 e. The Labute approximate surface area is 115 Å². The summed E-state index contributed by atoms with van der Waals surface area (Å²) in [5.74, 6) is 0. The highest BCUT2D eigenvalue weighted by Gasteiger charge is 2.23. The molecule has 2 rings (SSSR count). The minimum atomic E-state index is -0.418. The van der Waals surface area contributed by atoms with Gasteiger partial charge in [-0.1, -0.05) is 75.4 Å². The van der Waals surface area contributed by atoms with Gasteiger partial charge in [-0.25, -0.2) is 0 Å². The van der Waals surface area contributed by atoms with E-state index in [1.165, 1.54) is 11.1 Å². The molecular formula is C18H22O. The maximum atomic E-state index is 10.2.